The molecular weight excluding hydrogens is 224 g/mol. The number of benzene rings is 1. The maximum atomic E-state index is 12.5. The van der Waals surface area contributed by atoms with E-state index in [0.717, 1.165) is 18.4 Å². The summed E-state index contributed by atoms with van der Waals surface area (Å²) in [6.45, 7) is 4.39. The third-order valence-corrected chi connectivity index (χ3v) is 3.84. The molecule has 0 saturated heterocycles. The molecule has 18 heavy (non-hydrogen) atoms. The Kier molecular flexibility index (Phi) is 3.85. The Hall–Kier alpha value is -1.57. The van der Waals surface area contributed by atoms with Gasteiger partial charge in [-0.05, 0) is 31.2 Å². The van der Waals surface area contributed by atoms with E-state index >= 15 is 0 Å². The Balaban J connectivity index is 2.46. The topological polar surface area (TPSA) is 26.3 Å². The summed E-state index contributed by atoms with van der Waals surface area (Å²) in [5.74, 6) is 0.0840. The van der Waals surface area contributed by atoms with Crippen LogP contribution in [0, 0.1) is 5.92 Å². The van der Waals surface area contributed by atoms with E-state index in [4.69, 9.17) is 4.74 Å². The molecule has 1 aromatic carbocycles. The highest BCUT2D eigenvalue weighted by molar-refractivity contribution is 5.84. The molecule has 2 nitrogen and oxygen atoms in total. The van der Waals surface area contributed by atoms with Gasteiger partial charge in [0.1, 0.15) is 0 Å². The summed E-state index contributed by atoms with van der Waals surface area (Å²) in [5.41, 5.74) is 0.562. The highest BCUT2D eigenvalue weighted by Gasteiger charge is 2.46. The summed E-state index contributed by atoms with van der Waals surface area (Å²) >= 11 is 0. The van der Waals surface area contributed by atoms with Crippen molar-refractivity contribution in [3.8, 4) is 0 Å². The van der Waals surface area contributed by atoms with Crippen molar-refractivity contribution in [3.63, 3.8) is 0 Å². The molecule has 0 heterocycles. The van der Waals surface area contributed by atoms with E-state index in [9.17, 15) is 4.79 Å². The number of carbonyl (C=O) groups excluding carboxylic acids is 1. The Morgan fingerprint density at radius 1 is 1.39 bits per heavy atom. The van der Waals surface area contributed by atoms with Crippen LogP contribution in [0.15, 0.2) is 42.5 Å². The van der Waals surface area contributed by atoms with E-state index in [1.807, 2.05) is 37.3 Å². The first kappa shape index (κ1) is 12.9. The fraction of sp³-hybridized carbons (Fsp3) is 0.438. The predicted octanol–water partition coefficient (Wildman–Crippen LogP) is 3.47. The molecule has 0 amide bonds. The summed E-state index contributed by atoms with van der Waals surface area (Å²) in [7, 11) is 0. The lowest BCUT2D eigenvalue weighted by atomic mass is 9.65. The van der Waals surface area contributed by atoms with Crippen LogP contribution >= 0.6 is 0 Å². The Morgan fingerprint density at radius 3 is 2.72 bits per heavy atom. The number of esters is 1. The van der Waals surface area contributed by atoms with Crippen molar-refractivity contribution in [1.29, 1.82) is 0 Å². The van der Waals surface area contributed by atoms with Gasteiger partial charge in [0.15, 0.2) is 0 Å². The molecule has 96 valence electrons. The molecule has 0 aromatic heterocycles. The van der Waals surface area contributed by atoms with E-state index in [1.165, 1.54) is 0 Å². The summed E-state index contributed by atoms with van der Waals surface area (Å²) in [6, 6.07) is 10.0. The number of ether oxygens (including phenoxy) is 1. The molecule has 2 atom stereocenters. The van der Waals surface area contributed by atoms with Crippen LogP contribution in [-0.2, 0) is 14.9 Å². The van der Waals surface area contributed by atoms with Crippen LogP contribution in [0.4, 0.5) is 0 Å². The predicted molar refractivity (Wildman–Crippen MR) is 72.3 cm³/mol. The zero-order valence-corrected chi connectivity index (χ0v) is 11.1. The molecule has 0 radical (unpaired) electrons. The quantitative estimate of drug-likeness (QED) is 0.601. The SMILES string of the molecule is CCOC(=O)C1(c2ccccc2)CCC=C[C@H]1C. The normalized spacial score (nSPS) is 26.9. The van der Waals surface area contributed by atoms with Crippen molar-refractivity contribution in [1.82, 2.24) is 0 Å². The van der Waals surface area contributed by atoms with Gasteiger partial charge in [0, 0.05) is 0 Å². The number of allylic oxidation sites excluding steroid dienone is 2. The molecule has 0 aliphatic heterocycles. The van der Waals surface area contributed by atoms with Gasteiger partial charge in [0.2, 0.25) is 0 Å². The molecular formula is C16H20O2. The van der Waals surface area contributed by atoms with Crippen LogP contribution in [-0.4, -0.2) is 12.6 Å². The van der Waals surface area contributed by atoms with Crippen molar-refractivity contribution in [2.75, 3.05) is 6.61 Å². The highest BCUT2D eigenvalue weighted by Crippen LogP contribution is 2.41. The van der Waals surface area contributed by atoms with Gasteiger partial charge < -0.3 is 4.74 Å². The van der Waals surface area contributed by atoms with Gasteiger partial charge in [0.05, 0.1) is 12.0 Å². The summed E-state index contributed by atoms with van der Waals surface area (Å²) in [5, 5.41) is 0. The molecule has 2 heteroatoms. The smallest absolute Gasteiger partial charge is 0.317 e. The second-order valence-corrected chi connectivity index (χ2v) is 4.81. The average molecular weight is 244 g/mol. The maximum absolute atomic E-state index is 12.5. The fourth-order valence-electron chi connectivity index (χ4n) is 2.81. The molecule has 0 spiro atoms. The minimum atomic E-state index is -0.508. The number of carbonyl (C=O) groups is 1. The molecule has 1 aliphatic rings. The lowest BCUT2D eigenvalue weighted by Crippen LogP contribution is -2.44. The van der Waals surface area contributed by atoms with Gasteiger partial charge in [-0.15, -0.1) is 0 Å². The first-order chi connectivity index (χ1) is 8.71. The van der Waals surface area contributed by atoms with Gasteiger partial charge in [-0.25, -0.2) is 0 Å². The first-order valence-electron chi connectivity index (χ1n) is 6.61. The summed E-state index contributed by atoms with van der Waals surface area (Å²) in [6.07, 6.45) is 6.05. The highest BCUT2D eigenvalue weighted by atomic mass is 16.5. The third-order valence-electron chi connectivity index (χ3n) is 3.84. The van der Waals surface area contributed by atoms with Gasteiger partial charge in [-0.3, -0.25) is 4.79 Å². The molecule has 0 fully saturated rings. The summed E-state index contributed by atoms with van der Waals surface area (Å²) < 4.78 is 5.34. The van der Waals surface area contributed by atoms with E-state index in [2.05, 4.69) is 19.1 Å². The van der Waals surface area contributed by atoms with E-state index in [-0.39, 0.29) is 11.9 Å². The largest absolute Gasteiger partial charge is 0.465 e. The minimum absolute atomic E-state index is 0.0898. The van der Waals surface area contributed by atoms with Crippen LogP contribution in [0.1, 0.15) is 32.3 Å². The second kappa shape index (κ2) is 5.38. The number of hydrogen-bond donors (Lipinski definition) is 0. The van der Waals surface area contributed by atoms with Crippen LogP contribution in [0.2, 0.25) is 0 Å². The van der Waals surface area contributed by atoms with Crippen LogP contribution in [0.3, 0.4) is 0 Å². The first-order valence-corrected chi connectivity index (χ1v) is 6.61. The second-order valence-electron chi connectivity index (χ2n) is 4.81. The van der Waals surface area contributed by atoms with Gasteiger partial charge in [0.25, 0.3) is 0 Å². The molecule has 2 rings (SSSR count). The molecule has 0 bridgehead atoms. The van der Waals surface area contributed by atoms with Crippen molar-refractivity contribution in [2.45, 2.75) is 32.1 Å². The van der Waals surface area contributed by atoms with Gasteiger partial charge in [-0.2, -0.15) is 0 Å². The Bertz CT molecular complexity index is 436. The molecule has 1 aromatic rings. The van der Waals surface area contributed by atoms with Crippen LogP contribution < -0.4 is 0 Å². The maximum Gasteiger partial charge on any atom is 0.317 e. The number of rotatable bonds is 3. The van der Waals surface area contributed by atoms with Gasteiger partial charge >= 0.3 is 5.97 Å². The van der Waals surface area contributed by atoms with Crippen molar-refractivity contribution < 1.29 is 9.53 Å². The van der Waals surface area contributed by atoms with E-state index in [1.54, 1.807) is 0 Å². The van der Waals surface area contributed by atoms with Crippen LogP contribution in [0.5, 0.6) is 0 Å². The fourth-order valence-corrected chi connectivity index (χ4v) is 2.81. The van der Waals surface area contributed by atoms with E-state index in [0.29, 0.717) is 6.61 Å². The van der Waals surface area contributed by atoms with E-state index < -0.39 is 5.41 Å². The number of hydrogen-bond acceptors (Lipinski definition) is 2. The Morgan fingerprint density at radius 2 is 2.11 bits per heavy atom. The monoisotopic (exact) mass is 244 g/mol. The lowest BCUT2D eigenvalue weighted by Gasteiger charge is -2.38. The molecule has 0 N–H and O–H groups in total. The summed E-state index contributed by atoms with van der Waals surface area (Å²) in [4.78, 5) is 12.5. The third kappa shape index (κ3) is 2.07. The van der Waals surface area contributed by atoms with Gasteiger partial charge in [-0.1, -0.05) is 49.4 Å². The van der Waals surface area contributed by atoms with Crippen molar-refractivity contribution in [3.05, 3.63) is 48.0 Å². The molecule has 0 saturated carbocycles. The Labute approximate surface area is 109 Å². The van der Waals surface area contributed by atoms with Crippen molar-refractivity contribution >= 4 is 5.97 Å². The molecule has 1 unspecified atom stereocenters. The lowest BCUT2D eigenvalue weighted by molar-refractivity contribution is -0.152. The standard InChI is InChI=1S/C16H20O2/c1-3-18-15(17)16(12-8-7-9-13(16)2)14-10-5-4-6-11-14/h4-7,9-11,13H,3,8,12H2,1-2H3/t13-,16?/m1/s1. The zero-order chi connectivity index (χ0) is 13.0. The van der Waals surface area contributed by atoms with Crippen LogP contribution in [0.25, 0.3) is 0 Å². The minimum Gasteiger partial charge on any atom is -0.465 e. The van der Waals surface area contributed by atoms with Crippen molar-refractivity contribution in [2.24, 2.45) is 5.92 Å². The zero-order valence-electron chi connectivity index (χ0n) is 11.1. The average Bonchev–Trinajstić information content (AvgIpc) is 2.41. The molecule has 1 aliphatic carbocycles.